The molecule has 0 aromatic carbocycles. The molecule has 0 spiro atoms. The molecule has 3 heterocycles. The molecular weight excluding hydrogens is 354 g/mol. The Morgan fingerprint density at radius 1 is 1.11 bits per heavy atom. The Bertz CT molecular complexity index is 525. The topological polar surface area (TPSA) is 60.4 Å². The summed E-state index contributed by atoms with van der Waals surface area (Å²) in [7, 11) is 1.86. The van der Waals surface area contributed by atoms with Crippen molar-refractivity contribution < 1.29 is 9.53 Å². The van der Waals surface area contributed by atoms with Gasteiger partial charge in [0, 0.05) is 59.5 Å². The second-order valence-electron chi connectivity index (χ2n) is 8.90. The van der Waals surface area contributed by atoms with E-state index in [0.717, 1.165) is 64.0 Å². The average Bonchev–Trinajstić information content (AvgIpc) is 3.23. The number of piperazine rings is 1. The van der Waals surface area contributed by atoms with Crippen LogP contribution in [0.25, 0.3) is 0 Å². The van der Waals surface area contributed by atoms with Crippen molar-refractivity contribution in [2.75, 3.05) is 66.0 Å². The third kappa shape index (κ3) is 5.83. The lowest BCUT2D eigenvalue weighted by Crippen LogP contribution is -2.56. The minimum absolute atomic E-state index is 0.174. The van der Waals surface area contributed by atoms with Crippen molar-refractivity contribution in [1.82, 2.24) is 20.0 Å². The van der Waals surface area contributed by atoms with Crippen LogP contribution in [0.1, 0.15) is 39.5 Å². The highest BCUT2D eigenvalue weighted by Gasteiger charge is 2.31. The maximum atomic E-state index is 12.5. The van der Waals surface area contributed by atoms with Crippen LogP contribution in [-0.4, -0.2) is 98.7 Å². The van der Waals surface area contributed by atoms with E-state index in [1.807, 2.05) is 11.9 Å². The summed E-state index contributed by atoms with van der Waals surface area (Å²) < 4.78 is 5.56. The van der Waals surface area contributed by atoms with Gasteiger partial charge >= 0.3 is 0 Å². The molecule has 0 aromatic heterocycles. The summed E-state index contributed by atoms with van der Waals surface area (Å²) in [5.74, 6) is 2.57. The fourth-order valence-corrected chi connectivity index (χ4v) is 4.68. The standard InChI is InChI=1S/C21H39N5O2/c1-17(2)15-24-8-4-6-18(16-24)14-23-21(22-3)26-11-9-25(10-12-26)20(27)19-7-5-13-28-19/h17-19H,4-16H2,1-3H3,(H,22,23). The van der Waals surface area contributed by atoms with Gasteiger partial charge in [0.15, 0.2) is 5.96 Å². The summed E-state index contributed by atoms with van der Waals surface area (Å²) >= 11 is 0. The Labute approximate surface area is 170 Å². The number of ether oxygens (including phenoxy) is 1. The van der Waals surface area contributed by atoms with E-state index in [1.54, 1.807) is 0 Å². The lowest BCUT2D eigenvalue weighted by atomic mass is 9.97. The van der Waals surface area contributed by atoms with Gasteiger partial charge in [-0.25, -0.2) is 0 Å². The summed E-state index contributed by atoms with van der Waals surface area (Å²) in [6.45, 7) is 13.1. The minimum atomic E-state index is -0.205. The molecule has 2 atom stereocenters. The van der Waals surface area contributed by atoms with Crippen molar-refractivity contribution in [3.05, 3.63) is 0 Å². The molecular formula is C21H39N5O2. The number of carbonyl (C=O) groups excluding carboxylic acids is 1. The van der Waals surface area contributed by atoms with Crippen LogP contribution < -0.4 is 5.32 Å². The lowest BCUT2D eigenvalue weighted by Gasteiger charge is -2.38. The van der Waals surface area contributed by atoms with Crippen LogP contribution in [0.4, 0.5) is 0 Å². The second-order valence-corrected chi connectivity index (χ2v) is 8.90. The number of hydrogen-bond acceptors (Lipinski definition) is 4. The highest BCUT2D eigenvalue weighted by Crippen LogP contribution is 2.18. The van der Waals surface area contributed by atoms with Crippen LogP contribution in [0, 0.1) is 11.8 Å². The van der Waals surface area contributed by atoms with Crippen LogP contribution in [-0.2, 0) is 9.53 Å². The van der Waals surface area contributed by atoms with Crippen LogP contribution >= 0.6 is 0 Å². The van der Waals surface area contributed by atoms with E-state index in [1.165, 1.54) is 32.5 Å². The largest absolute Gasteiger partial charge is 0.368 e. The highest BCUT2D eigenvalue weighted by atomic mass is 16.5. The first-order chi connectivity index (χ1) is 13.6. The van der Waals surface area contributed by atoms with Crippen LogP contribution in [0.15, 0.2) is 4.99 Å². The molecule has 7 heteroatoms. The van der Waals surface area contributed by atoms with E-state index in [2.05, 4.69) is 34.0 Å². The van der Waals surface area contributed by atoms with Gasteiger partial charge in [-0.05, 0) is 44.1 Å². The number of guanidine groups is 1. The maximum Gasteiger partial charge on any atom is 0.251 e. The molecule has 28 heavy (non-hydrogen) atoms. The first-order valence-electron chi connectivity index (χ1n) is 11.1. The summed E-state index contributed by atoms with van der Waals surface area (Å²) in [5.41, 5.74) is 0. The van der Waals surface area contributed by atoms with Crippen molar-refractivity contribution in [3.8, 4) is 0 Å². The Kier molecular flexibility index (Phi) is 7.97. The zero-order chi connectivity index (χ0) is 19.9. The number of rotatable bonds is 5. The van der Waals surface area contributed by atoms with Crippen molar-refractivity contribution in [2.24, 2.45) is 16.8 Å². The average molecular weight is 394 g/mol. The van der Waals surface area contributed by atoms with Gasteiger partial charge in [-0.1, -0.05) is 13.8 Å². The molecule has 0 aliphatic carbocycles. The Balaban J connectivity index is 1.41. The number of amides is 1. The van der Waals surface area contributed by atoms with Gasteiger partial charge in [0.25, 0.3) is 5.91 Å². The predicted molar refractivity (Wildman–Crippen MR) is 112 cm³/mol. The summed E-state index contributed by atoms with van der Waals surface area (Å²) in [6, 6.07) is 0. The molecule has 2 unspecified atom stereocenters. The minimum Gasteiger partial charge on any atom is -0.368 e. The van der Waals surface area contributed by atoms with Gasteiger partial charge in [-0.2, -0.15) is 0 Å². The number of aliphatic imine (C=N–C) groups is 1. The lowest BCUT2D eigenvalue weighted by molar-refractivity contribution is -0.142. The van der Waals surface area contributed by atoms with Crippen molar-refractivity contribution in [2.45, 2.75) is 45.6 Å². The SMILES string of the molecule is CN=C(NCC1CCCN(CC(C)C)C1)N1CCN(C(=O)C2CCCO2)CC1. The number of carbonyl (C=O) groups is 1. The molecule has 3 rings (SSSR count). The summed E-state index contributed by atoms with van der Waals surface area (Å²) in [5, 5.41) is 3.60. The molecule has 0 aromatic rings. The quantitative estimate of drug-likeness (QED) is 0.563. The highest BCUT2D eigenvalue weighted by molar-refractivity contribution is 5.82. The smallest absolute Gasteiger partial charge is 0.251 e. The van der Waals surface area contributed by atoms with E-state index in [0.29, 0.717) is 5.92 Å². The van der Waals surface area contributed by atoms with Crippen molar-refractivity contribution in [1.29, 1.82) is 0 Å². The Hall–Kier alpha value is -1.34. The molecule has 3 aliphatic rings. The van der Waals surface area contributed by atoms with Gasteiger partial charge in [0.1, 0.15) is 6.10 Å². The molecule has 0 bridgehead atoms. The molecule has 1 amide bonds. The third-order valence-electron chi connectivity index (χ3n) is 6.08. The van der Waals surface area contributed by atoms with E-state index in [9.17, 15) is 4.79 Å². The first-order valence-corrected chi connectivity index (χ1v) is 11.1. The van der Waals surface area contributed by atoms with E-state index < -0.39 is 0 Å². The van der Waals surface area contributed by atoms with Gasteiger partial charge in [0.2, 0.25) is 0 Å². The van der Waals surface area contributed by atoms with Gasteiger partial charge < -0.3 is 24.8 Å². The van der Waals surface area contributed by atoms with E-state index in [4.69, 9.17) is 4.74 Å². The van der Waals surface area contributed by atoms with Gasteiger partial charge in [-0.3, -0.25) is 9.79 Å². The summed E-state index contributed by atoms with van der Waals surface area (Å²) in [4.78, 5) is 23.9. The number of nitrogens with zero attached hydrogens (tertiary/aromatic N) is 4. The molecule has 0 radical (unpaired) electrons. The number of nitrogens with one attached hydrogen (secondary N) is 1. The third-order valence-corrected chi connectivity index (χ3v) is 6.08. The van der Waals surface area contributed by atoms with Crippen LogP contribution in [0.2, 0.25) is 0 Å². The molecule has 3 aliphatic heterocycles. The van der Waals surface area contributed by atoms with Gasteiger partial charge in [0.05, 0.1) is 0 Å². The Morgan fingerprint density at radius 2 is 1.86 bits per heavy atom. The van der Waals surface area contributed by atoms with Crippen molar-refractivity contribution >= 4 is 11.9 Å². The van der Waals surface area contributed by atoms with Crippen LogP contribution in [0.3, 0.4) is 0 Å². The first kappa shape index (κ1) is 21.4. The summed E-state index contributed by atoms with van der Waals surface area (Å²) in [6.07, 6.45) is 4.26. The van der Waals surface area contributed by atoms with Crippen molar-refractivity contribution in [3.63, 3.8) is 0 Å². The molecule has 0 saturated carbocycles. The number of likely N-dealkylation sites (tertiary alicyclic amines) is 1. The fourth-order valence-electron chi connectivity index (χ4n) is 4.68. The molecule has 1 N–H and O–H groups in total. The maximum absolute atomic E-state index is 12.5. The Morgan fingerprint density at radius 3 is 2.50 bits per heavy atom. The number of hydrogen-bond donors (Lipinski definition) is 1. The molecule has 160 valence electrons. The van der Waals surface area contributed by atoms with Gasteiger partial charge in [-0.15, -0.1) is 0 Å². The zero-order valence-corrected chi connectivity index (χ0v) is 18.0. The normalized spacial score (nSPS) is 27.5. The molecule has 3 saturated heterocycles. The van der Waals surface area contributed by atoms with Crippen LogP contribution in [0.5, 0.6) is 0 Å². The number of piperidine rings is 1. The molecule has 7 nitrogen and oxygen atoms in total. The van der Waals surface area contributed by atoms with E-state index in [-0.39, 0.29) is 12.0 Å². The van der Waals surface area contributed by atoms with E-state index >= 15 is 0 Å². The monoisotopic (exact) mass is 393 g/mol. The predicted octanol–water partition coefficient (Wildman–Crippen LogP) is 1.25. The fraction of sp³-hybridized carbons (Fsp3) is 0.905. The zero-order valence-electron chi connectivity index (χ0n) is 18.0. The molecule has 3 fully saturated rings. The second kappa shape index (κ2) is 10.4.